The molecule has 1 aromatic rings. The van der Waals surface area contributed by atoms with E-state index in [1.165, 1.54) is 18.6 Å². The second-order valence-electron chi connectivity index (χ2n) is 6.26. The standard InChI is InChI=1S/C17H25FO2/c1-12-5-4-8-17(11-12,20-3)16(19)10-14-6-7-15(18)9-13(14)2/h6-7,9,12,16,19H,4-5,8,10-11H2,1-3H3. The maximum Gasteiger partial charge on any atom is 0.123 e. The molecule has 2 rings (SSSR count). The van der Waals surface area contributed by atoms with Crippen molar-refractivity contribution >= 4 is 0 Å². The lowest BCUT2D eigenvalue weighted by molar-refractivity contribution is -0.131. The summed E-state index contributed by atoms with van der Waals surface area (Å²) < 4.78 is 18.9. The van der Waals surface area contributed by atoms with Gasteiger partial charge >= 0.3 is 0 Å². The number of methoxy groups -OCH3 is 1. The van der Waals surface area contributed by atoms with E-state index in [-0.39, 0.29) is 5.82 Å². The van der Waals surface area contributed by atoms with Gasteiger partial charge in [-0.15, -0.1) is 0 Å². The van der Waals surface area contributed by atoms with Crippen LogP contribution in [0.5, 0.6) is 0 Å². The van der Waals surface area contributed by atoms with E-state index in [1.807, 2.05) is 6.92 Å². The zero-order chi connectivity index (χ0) is 14.8. The van der Waals surface area contributed by atoms with Gasteiger partial charge in [0.1, 0.15) is 5.82 Å². The monoisotopic (exact) mass is 280 g/mol. The van der Waals surface area contributed by atoms with Gasteiger partial charge in [0, 0.05) is 13.5 Å². The molecule has 1 aliphatic rings. The molecule has 0 aromatic heterocycles. The zero-order valence-corrected chi connectivity index (χ0v) is 12.7. The Kier molecular flexibility index (Phi) is 4.82. The largest absolute Gasteiger partial charge is 0.390 e. The number of aliphatic hydroxyl groups is 1. The minimum absolute atomic E-state index is 0.228. The Morgan fingerprint density at radius 1 is 1.50 bits per heavy atom. The van der Waals surface area contributed by atoms with Gasteiger partial charge in [-0.25, -0.2) is 4.39 Å². The van der Waals surface area contributed by atoms with Gasteiger partial charge in [0.05, 0.1) is 11.7 Å². The predicted molar refractivity (Wildman–Crippen MR) is 78.2 cm³/mol. The first-order valence-electron chi connectivity index (χ1n) is 7.45. The Bertz CT molecular complexity index is 460. The fourth-order valence-corrected chi connectivity index (χ4v) is 3.45. The molecule has 3 atom stereocenters. The number of ether oxygens (including phenoxy) is 1. The van der Waals surface area contributed by atoms with Crippen LogP contribution in [0.3, 0.4) is 0 Å². The van der Waals surface area contributed by atoms with Crippen LogP contribution in [0, 0.1) is 18.7 Å². The molecular formula is C17H25FO2. The molecule has 1 aliphatic carbocycles. The Morgan fingerprint density at radius 2 is 2.25 bits per heavy atom. The Balaban J connectivity index is 2.14. The van der Waals surface area contributed by atoms with Crippen LogP contribution in [0.15, 0.2) is 18.2 Å². The van der Waals surface area contributed by atoms with Gasteiger partial charge in [-0.05, 0) is 48.9 Å². The van der Waals surface area contributed by atoms with Crippen molar-refractivity contribution in [1.29, 1.82) is 0 Å². The highest BCUT2D eigenvalue weighted by molar-refractivity contribution is 5.27. The smallest absolute Gasteiger partial charge is 0.123 e. The summed E-state index contributed by atoms with van der Waals surface area (Å²) in [5.74, 6) is 0.348. The van der Waals surface area contributed by atoms with Gasteiger partial charge in [-0.3, -0.25) is 0 Å². The lowest BCUT2D eigenvalue weighted by atomic mass is 9.74. The van der Waals surface area contributed by atoms with E-state index in [0.717, 1.165) is 30.4 Å². The van der Waals surface area contributed by atoms with Crippen molar-refractivity contribution in [3.8, 4) is 0 Å². The van der Waals surface area contributed by atoms with E-state index >= 15 is 0 Å². The summed E-state index contributed by atoms with van der Waals surface area (Å²) in [4.78, 5) is 0. The molecule has 3 heteroatoms. The van der Waals surface area contributed by atoms with E-state index in [9.17, 15) is 9.50 Å². The summed E-state index contributed by atoms with van der Waals surface area (Å²) in [5, 5.41) is 10.7. The van der Waals surface area contributed by atoms with Crippen LogP contribution in [-0.2, 0) is 11.2 Å². The van der Waals surface area contributed by atoms with E-state index in [0.29, 0.717) is 12.3 Å². The predicted octanol–water partition coefficient (Wildman–Crippen LogP) is 3.63. The third-order valence-electron chi connectivity index (χ3n) is 4.72. The van der Waals surface area contributed by atoms with Crippen LogP contribution >= 0.6 is 0 Å². The lowest BCUT2D eigenvalue weighted by Crippen LogP contribution is -2.48. The number of benzene rings is 1. The highest BCUT2D eigenvalue weighted by Gasteiger charge is 2.41. The van der Waals surface area contributed by atoms with Crippen molar-refractivity contribution in [1.82, 2.24) is 0 Å². The zero-order valence-electron chi connectivity index (χ0n) is 12.7. The highest BCUT2D eigenvalue weighted by Crippen LogP contribution is 2.38. The molecule has 1 aromatic carbocycles. The van der Waals surface area contributed by atoms with Crippen molar-refractivity contribution in [2.24, 2.45) is 5.92 Å². The summed E-state index contributed by atoms with van der Waals surface area (Å²) in [6.07, 6.45) is 4.06. The summed E-state index contributed by atoms with van der Waals surface area (Å²) in [6, 6.07) is 4.74. The first-order chi connectivity index (χ1) is 9.47. The molecule has 0 bridgehead atoms. The molecule has 1 N–H and O–H groups in total. The van der Waals surface area contributed by atoms with Crippen molar-refractivity contribution in [3.63, 3.8) is 0 Å². The van der Waals surface area contributed by atoms with Crippen molar-refractivity contribution in [2.75, 3.05) is 7.11 Å². The lowest BCUT2D eigenvalue weighted by Gasteiger charge is -2.42. The molecule has 0 heterocycles. The number of hydrogen-bond donors (Lipinski definition) is 1. The van der Waals surface area contributed by atoms with Gasteiger partial charge in [0.25, 0.3) is 0 Å². The summed E-state index contributed by atoms with van der Waals surface area (Å²) in [6.45, 7) is 4.09. The third kappa shape index (κ3) is 3.21. The minimum Gasteiger partial charge on any atom is -0.390 e. The normalized spacial score (nSPS) is 28.4. The van der Waals surface area contributed by atoms with Gasteiger partial charge < -0.3 is 9.84 Å². The number of halogens is 1. The highest BCUT2D eigenvalue weighted by atomic mass is 19.1. The Labute approximate surface area is 121 Å². The molecule has 112 valence electrons. The molecule has 0 amide bonds. The fourth-order valence-electron chi connectivity index (χ4n) is 3.45. The third-order valence-corrected chi connectivity index (χ3v) is 4.72. The van der Waals surface area contributed by atoms with Crippen LogP contribution in [0.25, 0.3) is 0 Å². The van der Waals surface area contributed by atoms with Gasteiger partial charge in [-0.2, -0.15) is 0 Å². The van der Waals surface area contributed by atoms with Gasteiger partial charge in [0.15, 0.2) is 0 Å². The number of hydrogen-bond acceptors (Lipinski definition) is 2. The molecule has 1 fully saturated rings. The van der Waals surface area contributed by atoms with E-state index in [2.05, 4.69) is 6.92 Å². The van der Waals surface area contributed by atoms with Crippen molar-refractivity contribution < 1.29 is 14.2 Å². The molecular weight excluding hydrogens is 255 g/mol. The van der Waals surface area contributed by atoms with Crippen molar-refractivity contribution in [3.05, 3.63) is 35.1 Å². The van der Waals surface area contributed by atoms with Crippen LogP contribution in [0.1, 0.15) is 43.7 Å². The van der Waals surface area contributed by atoms with E-state index in [4.69, 9.17) is 4.74 Å². The molecule has 0 spiro atoms. The van der Waals surface area contributed by atoms with E-state index < -0.39 is 11.7 Å². The average molecular weight is 280 g/mol. The number of aryl methyl sites for hydroxylation is 1. The fraction of sp³-hybridized carbons (Fsp3) is 0.647. The molecule has 1 saturated carbocycles. The van der Waals surface area contributed by atoms with Gasteiger partial charge in [0.2, 0.25) is 0 Å². The molecule has 0 aliphatic heterocycles. The van der Waals surface area contributed by atoms with Crippen LogP contribution in [-0.4, -0.2) is 23.9 Å². The quantitative estimate of drug-likeness (QED) is 0.912. The van der Waals surface area contributed by atoms with Crippen molar-refractivity contribution in [2.45, 2.75) is 57.7 Å². The summed E-state index contributed by atoms with van der Waals surface area (Å²) >= 11 is 0. The van der Waals surface area contributed by atoms with Gasteiger partial charge in [-0.1, -0.05) is 25.8 Å². The first-order valence-corrected chi connectivity index (χ1v) is 7.45. The first kappa shape index (κ1) is 15.5. The Hall–Kier alpha value is -0.930. The maximum absolute atomic E-state index is 13.1. The number of rotatable bonds is 4. The SMILES string of the molecule is COC1(C(O)Cc2ccc(F)cc2C)CCCC(C)C1. The second kappa shape index (κ2) is 6.23. The van der Waals surface area contributed by atoms with Crippen LogP contribution in [0.2, 0.25) is 0 Å². The van der Waals surface area contributed by atoms with E-state index in [1.54, 1.807) is 13.2 Å². The summed E-state index contributed by atoms with van der Waals surface area (Å²) in [7, 11) is 1.69. The summed E-state index contributed by atoms with van der Waals surface area (Å²) in [5.41, 5.74) is 1.44. The second-order valence-corrected chi connectivity index (χ2v) is 6.26. The molecule has 2 nitrogen and oxygen atoms in total. The maximum atomic E-state index is 13.1. The minimum atomic E-state index is -0.542. The molecule has 0 radical (unpaired) electrons. The molecule has 0 saturated heterocycles. The molecule has 3 unspecified atom stereocenters. The van der Waals surface area contributed by atoms with Crippen LogP contribution < -0.4 is 0 Å². The topological polar surface area (TPSA) is 29.5 Å². The average Bonchev–Trinajstić information content (AvgIpc) is 2.41. The number of aliphatic hydroxyl groups excluding tert-OH is 1. The van der Waals surface area contributed by atoms with Crippen LogP contribution in [0.4, 0.5) is 4.39 Å². The Morgan fingerprint density at radius 3 is 2.85 bits per heavy atom. The molecule has 20 heavy (non-hydrogen) atoms.